The number of thioether (sulfide) groups is 1. The van der Waals surface area contributed by atoms with Gasteiger partial charge >= 0.3 is 6.03 Å². The standard InChI is InChI=1S/C20H22N4O3S/c1-12(17(25)23-19(26)24-20(2,3)4)28-18-13-8-5-6-9-14(13)21-16(22-18)15-10-7-11-27-15/h5-12H,1-4H3,(H2,23,24,25,26)/t12-/m1/s1. The van der Waals surface area contributed by atoms with Gasteiger partial charge in [0.2, 0.25) is 5.91 Å². The number of hydrogen-bond donors (Lipinski definition) is 2. The summed E-state index contributed by atoms with van der Waals surface area (Å²) in [6.45, 7) is 7.27. The van der Waals surface area contributed by atoms with Crippen molar-refractivity contribution in [2.75, 3.05) is 0 Å². The highest BCUT2D eigenvalue weighted by atomic mass is 32.2. The number of benzene rings is 1. The molecule has 1 atom stereocenters. The Bertz CT molecular complexity index is 996. The van der Waals surface area contributed by atoms with Crippen LogP contribution >= 0.6 is 11.8 Å². The van der Waals surface area contributed by atoms with Gasteiger partial charge in [0.05, 0.1) is 17.0 Å². The van der Waals surface area contributed by atoms with Crippen LogP contribution in [0.2, 0.25) is 0 Å². The molecule has 0 aliphatic rings. The van der Waals surface area contributed by atoms with E-state index in [2.05, 4.69) is 20.6 Å². The lowest BCUT2D eigenvalue weighted by atomic mass is 10.1. The van der Waals surface area contributed by atoms with Gasteiger partial charge in [0, 0.05) is 10.9 Å². The molecule has 0 aliphatic carbocycles. The van der Waals surface area contributed by atoms with Crippen LogP contribution in [0.25, 0.3) is 22.5 Å². The monoisotopic (exact) mass is 398 g/mol. The lowest BCUT2D eigenvalue weighted by Gasteiger charge is -2.21. The van der Waals surface area contributed by atoms with E-state index in [1.807, 2.05) is 45.0 Å². The number of rotatable bonds is 4. The summed E-state index contributed by atoms with van der Waals surface area (Å²) in [5.41, 5.74) is 0.325. The molecule has 2 heterocycles. The molecule has 7 nitrogen and oxygen atoms in total. The fourth-order valence-corrected chi connectivity index (χ4v) is 3.40. The second-order valence-electron chi connectivity index (χ2n) is 7.30. The molecule has 0 fully saturated rings. The van der Waals surface area contributed by atoms with Gasteiger partial charge < -0.3 is 9.73 Å². The number of amides is 3. The molecule has 3 aromatic rings. The minimum Gasteiger partial charge on any atom is -0.461 e. The highest BCUT2D eigenvalue weighted by Crippen LogP contribution is 2.31. The molecule has 0 bridgehead atoms. The van der Waals surface area contributed by atoms with Crippen LogP contribution in [0.15, 0.2) is 52.1 Å². The van der Waals surface area contributed by atoms with Crippen molar-refractivity contribution >= 4 is 34.6 Å². The highest BCUT2D eigenvalue weighted by Gasteiger charge is 2.22. The van der Waals surface area contributed by atoms with Crippen molar-refractivity contribution < 1.29 is 14.0 Å². The Morgan fingerprint density at radius 1 is 1.11 bits per heavy atom. The quantitative estimate of drug-likeness (QED) is 0.509. The maximum absolute atomic E-state index is 12.4. The molecular formula is C20H22N4O3S. The van der Waals surface area contributed by atoms with E-state index in [0.717, 1.165) is 10.9 Å². The van der Waals surface area contributed by atoms with Gasteiger partial charge in [-0.05, 0) is 45.9 Å². The minimum atomic E-state index is -0.534. The lowest BCUT2D eigenvalue weighted by Crippen LogP contribution is -2.49. The number of carbonyl (C=O) groups excluding carboxylic acids is 2. The summed E-state index contributed by atoms with van der Waals surface area (Å²) in [5.74, 6) is 0.604. The first kappa shape index (κ1) is 19.9. The van der Waals surface area contributed by atoms with Crippen molar-refractivity contribution in [3.8, 4) is 11.6 Å². The molecule has 1 aromatic carbocycles. The highest BCUT2D eigenvalue weighted by molar-refractivity contribution is 8.00. The van der Waals surface area contributed by atoms with E-state index in [9.17, 15) is 9.59 Å². The van der Waals surface area contributed by atoms with Gasteiger partial charge in [-0.2, -0.15) is 0 Å². The number of aromatic nitrogens is 2. The molecule has 0 saturated carbocycles. The van der Waals surface area contributed by atoms with Crippen LogP contribution in [-0.2, 0) is 4.79 Å². The Morgan fingerprint density at radius 2 is 1.86 bits per heavy atom. The van der Waals surface area contributed by atoms with Crippen molar-refractivity contribution in [1.29, 1.82) is 0 Å². The number of nitrogens with one attached hydrogen (secondary N) is 2. The van der Waals surface area contributed by atoms with Crippen LogP contribution in [0.1, 0.15) is 27.7 Å². The predicted octanol–water partition coefficient (Wildman–Crippen LogP) is 3.99. The number of imide groups is 1. The molecule has 0 saturated heterocycles. The zero-order valence-electron chi connectivity index (χ0n) is 16.1. The van der Waals surface area contributed by atoms with E-state index >= 15 is 0 Å². The second kappa shape index (κ2) is 8.02. The summed E-state index contributed by atoms with van der Waals surface area (Å²) in [4.78, 5) is 33.5. The Kier molecular flexibility index (Phi) is 5.69. The molecular weight excluding hydrogens is 376 g/mol. The molecule has 2 N–H and O–H groups in total. The number of hydrogen-bond acceptors (Lipinski definition) is 6. The van der Waals surface area contributed by atoms with Crippen LogP contribution in [0.5, 0.6) is 0 Å². The van der Waals surface area contributed by atoms with Gasteiger partial charge in [-0.1, -0.05) is 30.0 Å². The first-order valence-corrected chi connectivity index (χ1v) is 9.71. The summed E-state index contributed by atoms with van der Waals surface area (Å²) in [5, 5.41) is 6.03. The van der Waals surface area contributed by atoms with Crippen LogP contribution in [-0.4, -0.2) is 32.7 Å². The number of carbonyl (C=O) groups is 2. The molecule has 0 unspecified atom stereocenters. The number of fused-ring (bicyclic) bond motifs is 1. The average molecular weight is 398 g/mol. The SMILES string of the molecule is C[C@@H](Sc1nc(-c2ccco2)nc2ccccc12)C(=O)NC(=O)NC(C)(C)C. The molecule has 0 spiro atoms. The van der Waals surface area contributed by atoms with Gasteiger partial charge in [-0.15, -0.1) is 0 Å². The van der Waals surface area contributed by atoms with Gasteiger partial charge in [0.1, 0.15) is 5.03 Å². The first-order valence-electron chi connectivity index (χ1n) is 8.83. The van der Waals surface area contributed by atoms with E-state index in [-0.39, 0.29) is 0 Å². The maximum Gasteiger partial charge on any atom is 0.321 e. The number of para-hydroxylation sites is 1. The van der Waals surface area contributed by atoms with E-state index in [1.54, 1.807) is 25.3 Å². The third kappa shape index (κ3) is 4.89. The average Bonchev–Trinajstić information content (AvgIpc) is 3.14. The van der Waals surface area contributed by atoms with Crippen molar-refractivity contribution in [3.05, 3.63) is 42.7 Å². The van der Waals surface area contributed by atoms with Gasteiger partial charge in [-0.25, -0.2) is 14.8 Å². The van der Waals surface area contributed by atoms with E-state index in [1.165, 1.54) is 11.8 Å². The van der Waals surface area contributed by atoms with Crippen LogP contribution in [0.4, 0.5) is 4.79 Å². The second-order valence-corrected chi connectivity index (χ2v) is 8.63. The fraction of sp³-hybridized carbons (Fsp3) is 0.300. The summed E-state index contributed by atoms with van der Waals surface area (Å²) in [7, 11) is 0. The Hall–Kier alpha value is -2.87. The largest absolute Gasteiger partial charge is 0.461 e. The topological polar surface area (TPSA) is 97.1 Å². The lowest BCUT2D eigenvalue weighted by molar-refractivity contribution is -0.119. The molecule has 2 aromatic heterocycles. The van der Waals surface area contributed by atoms with Crippen LogP contribution < -0.4 is 10.6 Å². The third-order valence-corrected chi connectivity index (χ3v) is 4.79. The molecule has 3 rings (SSSR count). The zero-order valence-corrected chi connectivity index (χ0v) is 17.0. The zero-order chi connectivity index (χ0) is 20.3. The van der Waals surface area contributed by atoms with Crippen LogP contribution in [0, 0.1) is 0 Å². The van der Waals surface area contributed by atoms with E-state index in [4.69, 9.17) is 4.42 Å². The van der Waals surface area contributed by atoms with Gasteiger partial charge in [-0.3, -0.25) is 10.1 Å². The van der Waals surface area contributed by atoms with Gasteiger partial charge in [0.15, 0.2) is 11.6 Å². The number of urea groups is 1. The summed E-state index contributed by atoms with van der Waals surface area (Å²) in [6, 6.07) is 10.6. The number of furan rings is 1. The summed E-state index contributed by atoms with van der Waals surface area (Å²) >= 11 is 1.27. The van der Waals surface area contributed by atoms with E-state index in [0.29, 0.717) is 16.6 Å². The van der Waals surface area contributed by atoms with Crippen molar-refractivity contribution in [1.82, 2.24) is 20.6 Å². The van der Waals surface area contributed by atoms with Gasteiger partial charge in [0.25, 0.3) is 0 Å². The fourth-order valence-electron chi connectivity index (χ4n) is 2.46. The first-order chi connectivity index (χ1) is 13.2. The molecule has 8 heteroatoms. The smallest absolute Gasteiger partial charge is 0.321 e. The van der Waals surface area contributed by atoms with Crippen LogP contribution in [0.3, 0.4) is 0 Å². The Morgan fingerprint density at radius 3 is 2.54 bits per heavy atom. The summed E-state index contributed by atoms with van der Waals surface area (Å²) in [6.07, 6.45) is 1.56. The molecule has 28 heavy (non-hydrogen) atoms. The molecule has 3 amide bonds. The predicted molar refractivity (Wildman–Crippen MR) is 109 cm³/mol. The van der Waals surface area contributed by atoms with Crippen molar-refractivity contribution in [2.24, 2.45) is 0 Å². The number of nitrogens with zero attached hydrogens (tertiary/aromatic N) is 2. The van der Waals surface area contributed by atoms with Crippen molar-refractivity contribution in [3.63, 3.8) is 0 Å². The molecule has 0 radical (unpaired) electrons. The third-order valence-electron chi connectivity index (χ3n) is 3.69. The Labute approximate surface area is 167 Å². The normalized spacial score (nSPS) is 12.6. The van der Waals surface area contributed by atoms with E-state index < -0.39 is 22.7 Å². The van der Waals surface area contributed by atoms with Crippen molar-refractivity contribution in [2.45, 2.75) is 43.5 Å². The minimum absolute atomic E-state index is 0.394. The summed E-state index contributed by atoms with van der Waals surface area (Å²) < 4.78 is 5.41. The molecule has 0 aliphatic heterocycles. The molecule has 146 valence electrons. The maximum atomic E-state index is 12.4. The Balaban J connectivity index is 1.83.